The Labute approximate surface area is 186 Å². The molecule has 0 unspecified atom stereocenters. The normalized spacial score (nSPS) is 11.9. The van der Waals surface area contributed by atoms with Crippen LogP contribution in [-0.4, -0.2) is 15.3 Å². The molecule has 0 saturated heterocycles. The summed E-state index contributed by atoms with van der Waals surface area (Å²) in [6.45, 7) is -0.0692. The zero-order chi connectivity index (χ0) is 21.4. The van der Waals surface area contributed by atoms with E-state index in [-0.39, 0.29) is 18.0 Å². The molecule has 31 heavy (non-hydrogen) atoms. The Kier molecular flexibility index (Phi) is 4.95. The van der Waals surface area contributed by atoms with Gasteiger partial charge in [0.1, 0.15) is 12.3 Å². The molecule has 6 nitrogen and oxygen atoms in total. The molecule has 4 aromatic rings. The number of carbonyl (C=O) groups excluding carboxylic acids is 1. The summed E-state index contributed by atoms with van der Waals surface area (Å²) in [7, 11) is 0. The number of nitrogens with one attached hydrogen (secondary N) is 1. The van der Waals surface area contributed by atoms with Gasteiger partial charge in [0.05, 0.1) is 11.3 Å². The number of amides is 1. The number of aromatic nitrogens is 2. The summed E-state index contributed by atoms with van der Waals surface area (Å²) in [5.74, 6) is 0.823. The zero-order valence-corrected chi connectivity index (χ0v) is 18.0. The lowest BCUT2D eigenvalue weighted by Gasteiger charge is -2.19. The topological polar surface area (TPSA) is 65.3 Å². The van der Waals surface area contributed by atoms with Gasteiger partial charge in [0.15, 0.2) is 0 Å². The van der Waals surface area contributed by atoms with Crippen molar-refractivity contribution in [2.45, 2.75) is 13.0 Å². The number of fused-ring (bicyclic) bond motifs is 2. The minimum atomic E-state index is -0.251. The molecule has 7 heteroatoms. The van der Waals surface area contributed by atoms with E-state index in [9.17, 15) is 9.59 Å². The first-order valence-corrected chi connectivity index (χ1v) is 10.6. The van der Waals surface area contributed by atoms with E-state index >= 15 is 0 Å². The Morgan fingerprint density at radius 2 is 1.71 bits per heavy atom. The molecule has 0 saturated carbocycles. The van der Waals surface area contributed by atoms with Crippen molar-refractivity contribution in [2.75, 3.05) is 5.32 Å². The first-order valence-electron chi connectivity index (χ1n) is 9.81. The lowest BCUT2D eigenvalue weighted by molar-refractivity contribution is -0.117. The monoisotopic (exact) mass is 475 g/mol. The molecule has 2 heterocycles. The van der Waals surface area contributed by atoms with Gasteiger partial charge >= 0.3 is 0 Å². The number of rotatable bonds is 4. The largest absolute Gasteiger partial charge is 0.439 e. The van der Waals surface area contributed by atoms with E-state index in [2.05, 4.69) is 21.2 Å². The number of hydrogen-bond donors (Lipinski definition) is 1. The maximum absolute atomic E-state index is 13.4. The SMILES string of the molecule is O=C(Cn1c2c(c(=O)n1-c1ccccc1)Cc1cc(Br)ccc1O2)Nc1ccccc1. The molecule has 0 atom stereocenters. The molecular formula is C24H18BrN3O3. The van der Waals surface area contributed by atoms with Crippen LogP contribution in [0, 0.1) is 0 Å². The van der Waals surface area contributed by atoms with Crippen molar-refractivity contribution in [3.05, 3.63) is 105 Å². The van der Waals surface area contributed by atoms with Gasteiger partial charge in [-0.05, 0) is 42.5 Å². The highest BCUT2D eigenvalue weighted by Crippen LogP contribution is 2.37. The molecule has 1 amide bonds. The number of carbonyl (C=O) groups is 1. The van der Waals surface area contributed by atoms with Crippen molar-refractivity contribution >= 4 is 27.5 Å². The molecule has 0 bridgehead atoms. The van der Waals surface area contributed by atoms with Crippen LogP contribution in [0.1, 0.15) is 11.1 Å². The highest BCUT2D eigenvalue weighted by Gasteiger charge is 2.29. The quantitative estimate of drug-likeness (QED) is 0.408. The van der Waals surface area contributed by atoms with Crippen LogP contribution >= 0.6 is 15.9 Å². The standard InChI is InChI=1S/C24H18BrN3O3/c25-17-11-12-21-16(13-17)14-20-23(30)28(19-9-5-2-6-10-19)27(24(20)31-21)15-22(29)26-18-7-3-1-4-8-18/h1-13H,14-15H2,(H,26,29). The number of hydrogen-bond acceptors (Lipinski definition) is 3. The smallest absolute Gasteiger partial charge is 0.278 e. The van der Waals surface area contributed by atoms with Crippen molar-refractivity contribution in [3.8, 4) is 17.3 Å². The Morgan fingerprint density at radius 1 is 1.00 bits per heavy atom. The van der Waals surface area contributed by atoms with Gasteiger partial charge in [0, 0.05) is 22.1 Å². The van der Waals surface area contributed by atoms with Crippen molar-refractivity contribution in [3.63, 3.8) is 0 Å². The van der Waals surface area contributed by atoms with Gasteiger partial charge in [-0.25, -0.2) is 9.36 Å². The van der Waals surface area contributed by atoms with Gasteiger partial charge in [-0.15, -0.1) is 0 Å². The third-order valence-electron chi connectivity index (χ3n) is 5.13. The number of nitrogens with zero attached hydrogens (tertiary/aromatic N) is 2. The summed E-state index contributed by atoms with van der Waals surface area (Å²) in [6.07, 6.45) is 0.434. The Hall–Kier alpha value is -3.58. The minimum Gasteiger partial charge on any atom is -0.439 e. The van der Waals surface area contributed by atoms with Crippen LogP contribution in [0.25, 0.3) is 5.69 Å². The lowest BCUT2D eigenvalue weighted by atomic mass is 10.0. The average Bonchev–Trinajstić information content (AvgIpc) is 3.04. The van der Waals surface area contributed by atoms with Gasteiger partial charge in [-0.3, -0.25) is 9.59 Å². The lowest BCUT2D eigenvalue weighted by Crippen LogP contribution is -2.27. The van der Waals surface area contributed by atoms with Crippen molar-refractivity contribution in [2.24, 2.45) is 0 Å². The predicted molar refractivity (Wildman–Crippen MR) is 122 cm³/mol. The molecule has 1 aliphatic heterocycles. The van der Waals surface area contributed by atoms with Gasteiger partial charge in [-0.1, -0.05) is 52.3 Å². The van der Waals surface area contributed by atoms with Gasteiger partial charge in [0.25, 0.3) is 5.56 Å². The van der Waals surface area contributed by atoms with E-state index in [0.717, 1.165) is 10.0 Å². The van der Waals surface area contributed by atoms with Crippen molar-refractivity contribution in [1.29, 1.82) is 0 Å². The molecule has 1 aliphatic rings. The highest BCUT2D eigenvalue weighted by molar-refractivity contribution is 9.10. The number of para-hydroxylation sites is 2. The van der Waals surface area contributed by atoms with E-state index < -0.39 is 0 Å². The predicted octanol–water partition coefficient (Wildman–Crippen LogP) is 4.74. The third kappa shape index (κ3) is 3.68. The van der Waals surface area contributed by atoms with Gasteiger partial charge in [-0.2, -0.15) is 0 Å². The average molecular weight is 476 g/mol. The zero-order valence-electron chi connectivity index (χ0n) is 16.4. The van der Waals surface area contributed by atoms with Crippen molar-refractivity contribution in [1.82, 2.24) is 9.36 Å². The molecule has 0 fully saturated rings. The maximum atomic E-state index is 13.4. The van der Waals surface area contributed by atoms with E-state index in [4.69, 9.17) is 4.74 Å². The summed E-state index contributed by atoms with van der Waals surface area (Å²) >= 11 is 3.47. The van der Waals surface area contributed by atoms with E-state index in [0.29, 0.717) is 35.0 Å². The van der Waals surface area contributed by atoms with Gasteiger partial charge < -0.3 is 10.1 Å². The van der Waals surface area contributed by atoms with Crippen LogP contribution in [0.2, 0.25) is 0 Å². The number of anilines is 1. The Morgan fingerprint density at radius 3 is 2.45 bits per heavy atom. The van der Waals surface area contributed by atoms with Crippen LogP contribution in [0.5, 0.6) is 11.6 Å². The summed E-state index contributed by atoms with van der Waals surface area (Å²) in [5.41, 5.74) is 2.62. The number of ether oxygens (including phenoxy) is 1. The highest BCUT2D eigenvalue weighted by atomic mass is 79.9. The second-order valence-electron chi connectivity index (χ2n) is 7.24. The Bertz CT molecular complexity index is 1330. The fourth-order valence-electron chi connectivity index (χ4n) is 3.75. The van der Waals surface area contributed by atoms with E-state index in [1.165, 1.54) is 4.68 Å². The fourth-order valence-corrected chi connectivity index (χ4v) is 4.16. The first-order chi connectivity index (χ1) is 15.1. The van der Waals surface area contributed by atoms with Crippen LogP contribution in [-0.2, 0) is 17.8 Å². The summed E-state index contributed by atoms with van der Waals surface area (Å²) in [5, 5.41) is 2.87. The summed E-state index contributed by atoms with van der Waals surface area (Å²) < 4.78 is 10.2. The fraction of sp³-hybridized carbons (Fsp3) is 0.0833. The molecular weight excluding hydrogens is 458 g/mol. The van der Waals surface area contributed by atoms with Gasteiger partial charge in [0.2, 0.25) is 11.8 Å². The molecule has 154 valence electrons. The number of halogens is 1. The number of benzene rings is 3. The molecule has 1 N–H and O–H groups in total. The second kappa shape index (κ2) is 7.92. The first kappa shape index (κ1) is 19.4. The molecule has 3 aromatic carbocycles. The molecule has 1 aromatic heterocycles. The minimum absolute atomic E-state index is 0.0692. The Balaban J connectivity index is 1.59. The van der Waals surface area contributed by atoms with E-state index in [1.54, 1.807) is 4.68 Å². The second-order valence-corrected chi connectivity index (χ2v) is 8.15. The van der Waals surface area contributed by atoms with Crippen LogP contribution < -0.4 is 15.6 Å². The molecule has 0 spiro atoms. The molecule has 0 radical (unpaired) electrons. The van der Waals surface area contributed by atoms with Crippen molar-refractivity contribution < 1.29 is 9.53 Å². The van der Waals surface area contributed by atoms with Crippen LogP contribution in [0.15, 0.2) is 88.1 Å². The maximum Gasteiger partial charge on any atom is 0.278 e. The van der Waals surface area contributed by atoms with E-state index in [1.807, 2.05) is 78.9 Å². The molecule has 5 rings (SSSR count). The van der Waals surface area contributed by atoms with Crippen LogP contribution in [0.4, 0.5) is 5.69 Å². The third-order valence-corrected chi connectivity index (χ3v) is 5.63. The summed E-state index contributed by atoms with van der Waals surface area (Å²) in [6, 6.07) is 24.2. The van der Waals surface area contributed by atoms with Crippen LogP contribution in [0.3, 0.4) is 0 Å². The summed E-state index contributed by atoms with van der Waals surface area (Å²) in [4.78, 5) is 26.2. The molecule has 0 aliphatic carbocycles.